The molecule has 10 heteroatoms. The largest absolute Gasteiger partial charge is 0.481 e. The van der Waals surface area contributed by atoms with Gasteiger partial charge in [-0.2, -0.15) is 0 Å². The van der Waals surface area contributed by atoms with E-state index in [1.165, 1.54) is 19.5 Å². The van der Waals surface area contributed by atoms with Crippen molar-refractivity contribution in [3.63, 3.8) is 0 Å². The van der Waals surface area contributed by atoms with Crippen LogP contribution in [0.5, 0.6) is 11.8 Å². The first-order chi connectivity index (χ1) is 13.3. The minimum absolute atomic E-state index is 0.0562. The van der Waals surface area contributed by atoms with E-state index in [2.05, 4.69) is 14.7 Å². The van der Waals surface area contributed by atoms with Gasteiger partial charge >= 0.3 is 0 Å². The summed E-state index contributed by atoms with van der Waals surface area (Å²) < 4.78 is 35.6. The van der Waals surface area contributed by atoms with Crippen molar-refractivity contribution < 1.29 is 22.7 Å². The van der Waals surface area contributed by atoms with Crippen LogP contribution in [0.4, 0.5) is 5.69 Å². The first-order valence-corrected chi connectivity index (χ1v) is 10.6. The molecule has 0 spiro atoms. The summed E-state index contributed by atoms with van der Waals surface area (Å²) in [6.07, 6.45) is 5.31. The average molecular weight is 406 g/mol. The summed E-state index contributed by atoms with van der Waals surface area (Å²) in [5.74, 6) is 0.819. The molecule has 0 bridgehead atoms. The van der Waals surface area contributed by atoms with Gasteiger partial charge in [-0.25, -0.2) is 18.4 Å². The van der Waals surface area contributed by atoms with Crippen LogP contribution in [0.1, 0.15) is 23.2 Å². The Kier molecular flexibility index (Phi) is 5.98. The Labute approximate surface area is 163 Å². The smallest absolute Gasteiger partial charge is 0.255 e. The molecule has 2 aromatic heterocycles. The number of piperidine rings is 1. The fourth-order valence-corrected chi connectivity index (χ4v) is 3.43. The number of carbonyl (C=O) groups excluding carboxylic acids is 1. The first kappa shape index (κ1) is 19.9. The van der Waals surface area contributed by atoms with Crippen LogP contribution in [0.15, 0.2) is 36.7 Å². The maximum atomic E-state index is 12.6. The molecule has 3 heterocycles. The molecule has 1 aliphatic rings. The maximum absolute atomic E-state index is 12.6. The van der Waals surface area contributed by atoms with Crippen molar-refractivity contribution in [2.75, 3.05) is 31.2 Å². The van der Waals surface area contributed by atoms with Crippen molar-refractivity contribution in [1.29, 1.82) is 0 Å². The number of amides is 1. The van der Waals surface area contributed by atoms with Crippen LogP contribution in [0.2, 0.25) is 0 Å². The molecule has 3 rings (SSSR count). The van der Waals surface area contributed by atoms with Crippen LogP contribution in [0.25, 0.3) is 0 Å². The Bertz CT molecular complexity index is 908. The van der Waals surface area contributed by atoms with E-state index < -0.39 is 10.0 Å². The van der Waals surface area contributed by atoms with Crippen molar-refractivity contribution >= 4 is 21.6 Å². The summed E-state index contributed by atoms with van der Waals surface area (Å²) in [6, 6.07) is 6.58. The van der Waals surface area contributed by atoms with Crippen molar-refractivity contribution in [2.45, 2.75) is 18.9 Å². The molecule has 1 N–H and O–H groups in total. The maximum Gasteiger partial charge on any atom is 0.255 e. The molecule has 2 aromatic rings. The summed E-state index contributed by atoms with van der Waals surface area (Å²) in [5, 5.41) is 0. The minimum Gasteiger partial charge on any atom is -0.481 e. The molecule has 1 amide bonds. The summed E-state index contributed by atoms with van der Waals surface area (Å²) in [4.78, 5) is 22.5. The zero-order valence-corrected chi connectivity index (χ0v) is 16.5. The minimum atomic E-state index is -3.34. The lowest BCUT2D eigenvalue weighted by Crippen LogP contribution is -2.41. The Morgan fingerprint density at radius 2 is 1.79 bits per heavy atom. The molecular weight excluding hydrogens is 384 g/mol. The highest BCUT2D eigenvalue weighted by Gasteiger charge is 2.25. The van der Waals surface area contributed by atoms with Crippen LogP contribution in [-0.4, -0.2) is 61.8 Å². The zero-order chi connectivity index (χ0) is 20.1. The van der Waals surface area contributed by atoms with E-state index in [1.54, 1.807) is 29.2 Å². The standard InChI is InChI=1S/C18H22N4O5S/c1-26-16-5-3-13(11-19-16)18(23)22-9-7-15(8-10-22)27-17-6-4-14(12-20-17)21-28(2,24)25/h3-6,11-12,15,21H,7-10H2,1-2H3. The predicted octanol–water partition coefficient (Wildman–Crippen LogP) is 1.54. The lowest BCUT2D eigenvalue weighted by Gasteiger charge is -2.32. The molecule has 1 fully saturated rings. The second kappa shape index (κ2) is 8.42. The molecule has 0 unspecified atom stereocenters. The number of carbonyl (C=O) groups is 1. The quantitative estimate of drug-likeness (QED) is 0.775. The Morgan fingerprint density at radius 3 is 2.32 bits per heavy atom. The third kappa shape index (κ3) is 5.32. The van der Waals surface area contributed by atoms with Gasteiger partial charge in [0.05, 0.1) is 30.8 Å². The van der Waals surface area contributed by atoms with E-state index in [0.29, 0.717) is 48.9 Å². The normalized spacial score (nSPS) is 15.1. The van der Waals surface area contributed by atoms with Gasteiger partial charge in [0.15, 0.2) is 0 Å². The number of ether oxygens (including phenoxy) is 2. The van der Waals surface area contributed by atoms with E-state index in [4.69, 9.17) is 9.47 Å². The number of pyridine rings is 2. The highest BCUT2D eigenvalue weighted by Crippen LogP contribution is 2.20. The monoisotopic (exact) mass is 406 g/mol. The summed E-state index contributed by atoms with van der Waals surface area (Å²) >= 11 is 0. The summed E-state index contributed by atoms with van der Waals surface area (Å²) in [6.45, 7) is 1.15. The number of anilines is 1. The van der Waals surface area contributed by atoms with Crippen LogP contribution in [0, 0.1) is 0 Å². The lowest BCUT2D eigenvalue weighted by atomic mass is 10.1. The second-order valence-corrected chi connectivity index (χ2v) is 8.21. The topological polar surface area (TPSA) is 111 Å². The fourth-order valence-electron chi connectivity index (χ4n) is 2.88. The molecular formula is C18H22N4O5S. The molecule has 0 aromatic carbocycles. The van der Waals surface area contributed by atoms with Gasteiger partial charge in [-0.05, 0) is 12.1 Å². The van der Waals surface area contributed by atoms with Crippen molar-refractivity contribution in [3.05, 3.63) is 42.2 Å². The van der Waals surface area contributed by atoms with E-state index >= 15 is 0 Å². The fraction of sp³-hybridized carbons (Fsp3) is 0.389. The van der Waals surface area contributed by atoms with Crippen molar-refractivity contribution in [2.24, 2.45) is 0 Å². The predicted molar refractivity (Wildman–Crippen MR) is 103 cm³/mol. The molecule has 0 radical (unpaired) electrons. The van der Waals surface area contributed by atoms with Gasteiger partial charge in [0.2, 0.25) is 21.8 Å². The number of hydrogen-bond acceptors (Lipinski definition) is 7. The Morgan fingerprint density at radius 1 is 1.11 bits per heavy atom. The summed E-state index contributed by atoms with van der Waals surface area (Å²) in [7, 11) is -1.81. The SMILES string of the molecule is COc1ccc(C(=O)N2CCC(Oc3ccc(NS(C)(=O)=O)cn3)CC2)cn1. The van der Waals surface area contributed by atoms with Crippen LogP contribution in [0.3, 0.4) is 0 Å². The molecule has 0 aliphatic carbocycles. The highest BCUT2D eigenvalue weighted by atomic mass is 32.2. The Balaban J connectivity index is 1.51. The number of nitrogens with zero attached hydrogens (tertiary/aromatic N) is 3. The van der Waals surface area contributed by atoms with Gasteiger partial charge in [-0.3, -0.25) is 9.52 Å². The third-order valence-corrected chi connectivity index (χ3v) is 4.86. The first-order valence-electron chi connectivity index (χ1n) is 8.74. The number of nitrogens with one attached hydrogen (secondary N) is 1. The second-order valence-electron chi connectivity index (χ2n) is 6.46. The van der Waals surface area contributed by atoms with Gasteiger partial charge in [0, 0.05) is 44.3 Å². The molecule has 0 atom stereocenters. The van der Waals surface area contributed by atoms with Gasteiger partial charge < -0.3 is 14.4 Å². The number of methoxy groups -OCH3 is 1. The molecule has 1 aliphatic heterocycles. The van der Waals surface area contributed by atoms with E-state index in [0.717, 1.165) is 6.26 Å². The number of likely N-dealkylation sites (tertiary alicyclic amines) is 1. The molecule has 9 nitrogen and oxygen atoms in total. The van der Waals surface area contributed by atoms with Crippen LogP contribution < -0.4 is 14.2 Å². The van der Waals surface area contributed by atoms with Crippen molar-refractivity contribution in [1.82, 2.24) is 14.9 Å². The number of hydrogen-bond donors (Lipinski definition) is 1. The highest BCUT2D eigenvalue weighted by molar-refractivity contribution is 7.92. The summed E-state index contributed by atoms with van der Waals surface area (Å²) in [5.41, 5.74) is 0.902. The molecule has 0 saturated carbocycles. The third-order valence-electron chi connectivity index (χ3n) is 4.25. The van der Waals surface area contributed by atoms with Crippen LogP contribution >= 0.6 is 0 Å². The van der Waals surface area contributed by atoms with E-state index in [1.807, 2.05) is 0 Å². The molecule has 28 heavy (non-hydrogen) atoms. The average Bonchev–Trinajstić information content (AvgIpc) is 2.68. The van der Waals surface area contributed by atoms with E-state index in [9.17, 15) is 13.2 Å². The van der Waals surface area contributed by atoms with Gasteiger partial charge in [-0.1, -0.05) is 0 Å². The lowest BCUT2D eigenvalue weighted by molar-refractivity contribution is 0.0587. The van der Waals surface area contributed by atoms with Gasteiger partial charge in [0.25, 0.3) is 5.91 Å². The zero-order valence-electron chi connectivity index (χ0n) is 15.7. The van der Waals surface area contributed by atoms with Crippen molar-refractivity contribution in [3.8, 4) is 11.8 Å². The van der Waals surface area contributed by atoms with E-state index in [-0.39, 0.29) is 12.0 Å². The van der Waals surface area contributed by atoms with Crippen LogP contribution in [-0.2, 0) is 10.0 Å². The number of sulfonamides is 1. The Hall–Kier alpha value is -2.88. The number of rotatable bonds is 6. The van der Waals surface area contributed by atoms with Gasteiger partial charge in [0.1, 0.15) is 6.10 Å². The molecule has 150 valence electrons. The van der Waals surface area contributed by atoms with Gasteiger partial charge in [-0.15, -0.1) is 0 Å². The molecule has 1 saturated heterocycles. The number of aromatic nitrogens is 2.